The van der Waals surface area contributed by atoms with E-state index in [0.717, 1.165) is 35.1 Å². The minimum atomic E-state index is -0.210. The van der Waals surface area contributed by atoms with Crippen LogP contribution in [-0.2, 0) is 4.79 Å². The Kier molecular flexibility index (Phi) is 6.72. The zero-order valence-electron chi connectivity index (χ0n) is 13.9. The van der Waals surface area contributed by atoms with Gasteiger partial charge in [-0.1, -0.05) is 42.2 Å². The number of thioether (sulfide) groups is 1. The molecule has 0 bridgehead atoms. The fourth-order valence-electron chi connectivity index (χ4n) is 2.54. The van der Waals surface area contributed by atoms with Crippen LogP contribution in [-0.4, -0.2) is 40.1 Å². The van der Waals surface area contributed by atoms with E-state index in [9.17, 15) is 4.79 Å². The molecule has 2 rings (SSSR count). The Morgan fingerprint density at radius 1 is 1.43 bits per heavy atom. The maximum atomic E-state index is 12.5. The van der Waals surface area contributed by atoms with Gasteiger partial charge in [-0.25, -0.2) is 0 Å². The van der Waals surface area contributed by atoms with Crippen molar-refractivity contribution in [3.63, 3.8) is 0 Å². The van der Waals surface area contributed by atoms with Crippen molar-refractivity contribution in [1.82, 2.24) is 10.2 Å². The maximum absolute atomic E-state index is 12.5. The summed E-state index contributed by atoms with van der Waals surface area (Å²) in [6.45, 7) is 8.40. The number of amides is 1. The Bertz CT molecular complexity index is 561. The minimum Gasteiger partial charge on any atom is -0.493 e. The van der Waals surface area contributed by atoms with Crippen LogP contribution in [0.15, 0.2) is 24.3 Å². The molecule has 1 aliphatic heterocycles. The highest BCUT2D eigenvalue weighted by atomic mass is 32.2. The number of carbonyl (C=O) groups is 1. The van der Waals surface area contributed by atoms with Crippen LogP contribution in [0.2, 0.25) is 0 Å². The molecule has 23 heavy (non-hydrogen) atoms. The van der Waals surface area contributed by atoms with Gasteiger partial charge in [0.05, 0.1) is 17.9 Å². The number of thiocarbonyl (C=S) groups is 1. The van der Waals surface area contributed by atoms with Crippen LogP contribution in [0, 0.1) is 0 Å². The molecule has 0 unspecified atom stereocenters. The lowest BCUT2D eigenvalue weighted by atomic mass is 10.0. The molecule has 1 aromatic carbocycles. The van der Waals surface area contributed by atoms with Crippen LogP contribution >= 0.6 is 24.0 Å². The Labute approximate surface area is 148 Å². The number of benzene rings is 1. The zero-order chi connectivity index (χ0) is 16.8. The highest BCUT2D eigenvalue weighted by molar-refractivity contribution is 8.23. The summed E-state index contributed by atoms with van der Waals surface area (Å²) >= 11 is 6.87. The number of hydrogen-bond donors (Lipinski definition) is 1. The van der Waals surface area contributed by atoms with Gasteiger partial charge < -0.3 is 15.0 Å². The lowest BCUT2D eigenvalue weighted by Gasteiger charge is -2.28. The largest absolute Gasteiger partial charge is 0.493 e. The molecule has 0 aliphatic carbocycles. The van der Waals surface area contributed by atoms with Gasteiger partial charge in [0.25, 0.3) is 0 Å². The Morgan fingerprint density at radius 3 is 2.83 bits per heavy atom. The molecule has 1 N–H and O–H groups in total. The quantitative estimate of drug-likeness (QED) is 0.823. The first-order valence-corrected chi connectivity index (χ1v) is 9.33. The number of fused-ring (bicyclic) bond motifs is 1. The van der Waals surface area contributed by atoms with Crippen molar-refractivity contribution in [3.05, 3.63) is 29.8 Å². The summed E-state index contributed by atoms with van der Waals surface area (Å²) in [5.74, 6) is 0.884. The van der Waals surface area contributed by atoms with E-state index in [1.165, 1.54) is 11.8 Å². The smallest absolute Gasteiger partial charge is 0.233 e. The van der Waals surface area contributed by atoms with E-state index in [4.69, 9.17) is 17.0 Å². The van der Waals surface area contributed by atoms with Gasteiger partial charge >= 0.3 is 0 Å². The van der Waals surface area contributed by atoms with Crippen molar-refractivity contribution in [1.29, 1.82) is 0 Å². The van der Waals surface area contributed by atoms with E-state index in [1.54, 1.807) is 0 Å². The number of nitrogens with zero attached hydrogens (tertiary/aromatic N) is 1. The Balaban J connectivity index is 1.96. The lowest BCUT2D eigenvalue weighted by molar-refractivity contribution is -0.121. The molecule has 0 spiro atoms. The summed E-state index contributed by atoms with van der Waals surface area (Å²) in [7, 11) is 0. The first-order valence-electron chi connectivity index (χ1n) is 8.04. The summed E-state index contributed by atoms with van der Waals surface area (Å²) in [5.41, 5.74) is 1.05. The van der Waals surface area contributed by atoms with Crippen molar-refractivity contribution in [2.45, 2.75) is 38.5 Å². The summed E-state index contributed by atoms with van der Waals surface area (Å²) < 4.78 is 6.42. The summed E-state index contributed by atoms with van der Waals surface area (Å²) in [4.78, 5) is 14.6. The van der Waals surface area contributed by atoms with Gasteiger partial charge in [0.15, 0.2) is 0 Å². The molecular weight excluding hydrogens is 328 g/mol. The molecule has 4 nitrogen and oxygen atoms in total. The fraction of sp³-hybridized carbons (Fsp3) is 0.529. The van der Waals surface area contributed by atoms with Gasteiger partial charge in [0, 0.05) is 25.1 Å². The van der Waals surface area contributed by atoms with E-state index >= 15 is 0 Å². The van der Waals surface area contributed by atoms with Crippen LogP contribution < -0.4 is 10.1 Å². The average molecular weight is 353 g/mol. The van der Waals surface area contributed by atoms with Gasteiger partial charge in [0.2, 0.25) is 5.91 Å². The molecule has 126 valence electrons. The highest BCUT2D eigenvalue weighted by Gasteiger charge is 2.25. The molecule has 2 atom stereocenters. The molecule has 0 fully saturated rings. The molecule has 0 saturated carbocycles. The molecule has 6 heteroatoms. The van der Waals surface area contributed by atoms with Gasteiger partial charge in [-0.2, -0.15) is 0 Å². The third-order valence-corrected chi connectivity index (χ3v) is 5.52. The van der Waals surface area contributed by atoms with E-state index < -0.39 is 0 Å². The first-order chi connectivity index (χ1) is 11.1. The molecule has 0 radical (unpaired) electrons. The maximum Gasteiger partial charge on any atom is 0.233 e. The summed E-state index contributed by atoms with van der Waals surface area (Å²) in [5, 5.41) is 2.93. The SMILES string of the molecule is CCN(CC)C(=S)S[C@@H](C)C(=O)N[C@H]1CCOc2ccccc21. The van der Waals surface area contributed by atoms with Crippen molar-refractivity contribution >= 4 is 34.2 Å². The first kappa shape index (κ1) is 18.1. The molecule has 1 aliphatic rings. The number of ether oxygens (including phenoxy) is 1. The topological polar surface area (TPSA) is 41.6 Å². The van der Waals surface area contributed by atoms with Crippen LogP contribution in [0.1, 0.15) is 38.8 Å². The second kappa shape index (κ2) is 8.55. The lowest BCUT2D eigenvalue weighted by Crippen LogP contribution is -2.38. The molecule has 0 saturated heterocycles. The van der Waals surface area contributed by atoms with Crippen molar-refractivity contribution in [2.75, 3.05) is 19.7 Å². The van der Waals surface area contributed by atoms with Gasteiger partial charge in [-0.3, -0.25) is 4.79 Å². The fourth-order valence-corrected chi connectivity index (χ4v) is 4.12. The third-order valence-electron chi connectivity index (χ3n) is 3.94. The Morgan fingerprint density at radius 2 is 2.13 bits per heavy atom. The number of rotatable bonds is 5. The standard InChI is InChI=1S/C17H24N2O2S2/c1-4-19(5-2)17(22)23-12(3)16(20)18-14-10-11-21-15-9-7-6-8-13(14)15/h6-9,12,14H,4-5,10-11H2,1-3H3,(H,18,20)/t12-,14-/m0/s1. The molecule has 1 heterocycles. The zero-order valence-corrected chi connectivity index (χ0v) is 15.5. The highest BCUT2D eigenvalue weighted by Crippen LogP contribution is 2.31. The van der Waals surface area contributed by atoms with E-state index in [0.29, 0.717) is 6.61 Å². The minimum absolute atomic E-state index is 0.0116. The second-order valence-electron chi connectivity index (χ2n) is 5.43. The normalized spacial score (nSPS) is 17.6. The van der Waals surface area contributed by atoms with Crippen LogP contribution in [0.5, 0.6) is 5.75 Å². The van der Waals surface area contributed by atoms with Gasteiger partial charge in [-0.05, 0) is 26.8 Å². The van der Waals surface area contributed by atoms with E-state index in [-0.39, 0.29) is 17.2 Å². The number of carbonyl (C=O) groups excluding carboxylic acids is 1. The number of hydrogen-bond acceptors (Lipinski definition) is 4. The van der Waals surface area contributed by atoms with Crippen molar-refractivity contribution < 1.29 is 9.53 Å². The van der Waals surface area contributed by atoms with Crippen LogP contribution in [0.25, 0.3) is 0 Å². The van der Waals surface area contributed by atoms with Gasteiger partial charge in [-0.15, -0.1) is 0 Å². The predicted octanol–water partition coefficient (Wildman–Crippen LogP) is 3.37. The van der Waals surface area contributed by atoms with E-state index in [1.807, 2.05) is 31.2 Å². The predicted molar refractivity (Wildman–Crippen MR) is 100 cm³/mol. The molecule has 1 aromatic rings. The van der Waals surface area contributed by atoms with Gasteiger partial charge in [0.1, 0.15) is 10.1 Å². The second-order valence-corrected chi connectivity index (χ2v) is 7.41. The Hall–Kier alpha value is -1.27. The van der Waals surface area contributed by atoms with Crippen LogP contribution in [0.3, 0.4) is 0 Å². The number of nitrogens with one attached hydrogen (secondary N) is 1. The molecule has 1 amide bonds. The summed E-state index contributed by atoms with van der Waals surface area (Å²) in [6.07, 6.45) is 0.792. The van der Waals surface area contributed by atoms with Crippen molar-refractivity contribution in [2.24, 2.45) is 0 Å². The summed E-state index contributed by atoms with van der Waals surface area (Å²) in [6, 6.07) is 7.89. The van der Waals surface area contributed by atoms with E-state index in [2.05, 4.69) is 24.1 Å². The molecular formula is C17H24N2O2S2. The van der Waals surface area contributed by atoms with Crippen molar-refractivity contribution in [3.8, 4) is 5.75 Å². The van der Waals surface area contributed by atoms with Crippen LogP contribution in [0.4, 0.5) is 0 Å². The molecule has 0 aromatic heterocycles. The average Bonchev–Trinajstić information content (AvgIpc) is 2.56. The monoisotopic (exact) mass is 352 g/mol. The number of para-hydroxylation sites is 1. The third kappa shape index (κ3) is 4.61.